The van der Waals surface area contributed by atoms with E-state index in [1.54, 1.807) is 19.1 Å². The Morgan fingerprint density at radius 2 is 1.62 bits per heavy atom. The largest absolute Gasteiger partial charge is 0.378 e. The zero-order valence-electron chi connectivity index (χ0n) is 13.8. The first kappa shape index (κ1) is 19.1. The van der Waals surface area contributed by atoms with Crippen molar-refractivity contribution in [3.8, 4) is 0 Å². The molecular weight excluding hydrogens is 367 g/mol. The average molecular weight is 387 g/mol. The van der Waals surface area contributed by atoms with Crippen LogP contribution >= 0.6 is 23.2 Å². The molecule has 2 aromatic carbocycles. The van der Waals surface area contributed by atoms with Crippen LogP contribution in [0.15, 0.2) is 47.4 Å². The van der Waals surface area contributed by atoms with E-state index in [0.29, 0.717) is 6.54 Å². The molecule has 0 spiro atoms. The summed E-state index contributed by atoms with van der Waals surface area (Å²) in [6.07, 6.45) is 0. The van der Waals surface area contributed by atoms with Crippen molar-refractivity contribution in [3.63, 3.8) is 0 Å². The summed E-state index contributed by atoms with van der Waals surface area (Å²) in [6.45, 7) is 2.40. The Bertz CT molecular complexity index is 806. The molecule has 0 aromatic heterocycles. The van der Waals surface area contributed by atoms with Crippen molar-refractivity contribution in [3.05, 3.63) is 58.1 Å². The summed E-state index contributed by atoms with van der Waals surface area (Å²) >= 11 is 12.0. The molecule has 0 unspecified atom stereocenters. The van der Waals surface area contributed by atoms with Crippen LogP contribution in [-0.4, -0.2) is 33.4 Å². The van der Waals surface area contributed by atoms with Crippen molar-refractivity contribution in [1.82, 2.24) is 4.31 Å². The van der Waals surface area contributed by atoms with Crippen LogP contribution in [0.1, 0.15) is 12.5 Å². The molecule has 0 saturated carbocycles. The minimum Gasteiger partial charge on any atom is -0.378 e. The number of benzene rings is 2. The van der Waals surface area contributed by atoms with Gasteiger partial charge in [-0.05, 0) is 29.8 Å². The number of rotatable bonds is 6. The van der Waals surface area contributed by atoms with Crippen LogP contribution in [0.2, 0.25) is 10.0 Å². The molecule has 0 amide bonds. The van der Waals surface area contributed by atoms with Crippen molar-refractivity contribution >= 4 is 38.9 Å². The SMILES string of the molecule is CCN(Cc1ccc(N(C)C)cc1)S(=O)(=O)c1cccc(Cl)c1Cl. The molecule has 0 bridgehead atoms. The molecule has 2 aromatic rings. The van der Waals surface area contributed by atoms with Gasteiger partial charge in [0.15, 0.2) is 0 Å². The Balaban J connectivity index is 2.31. The molecule has 0 N–H and O–H groups in total. The van der Waals surface area contributed by atoms with Crippen LogP contribution in [0, 0.1) is 0 Å². The Hall–Kier alpha value is -1.27. The van der Waals surface area contributed by atoms with Crippen LogP contribution < -0.4 is 4.90 Å². The maximum absolute atomic E-state index is 12.9. The van der Waals surface area contributed by atoms with Crippen LogP contribution in [-0.2, 0) is 16.6 Å². The van der Waals surface area contributed by atoms with Gasteiger partial charge in [0.1, 0.15) is 4.90 Å². The first-order valence-corrected chi connectivity index (χ1v) is 9.67. The molecule has 0 aliphatic heterocycles. The summed E-state index contributed by atoms with van der Waals surface area (Å²) in [5.41, 5.74) is 1.96. The van der Waals surface area contributed by atoms with E-state index in [1.807, 2.05) is 43.3 Å². The lowest BCUT2D eigenvalue weighted by Gasteiger charge is -2.22. The van der Waals surface area contributed by atoms with Crippen LogP contribution in [0.25, 0.3) is 0 Å². The molecule has 2 rings (SSSR count). The molecule has 7 heteroatoms. The second kappa shape index (κ2) is 7.74. The van der Waals surface area contributed by atoms with Crippen molar-refractivity contribution in [2.45, 2.75) is 18.4 Å². The molecule has 0 radical (unpaired) electrons. The standard InChI is InChI=1S/C17H20Cl2N2O2S/c1-4-21(12-13-8-10-14(11-9-13)20(2)3)24(22,23)16-7-5-6-15(18)17(16)19/h5-11H,4,12H2,1-3H3. The van der Waals surface area contributed by atoms with E-state index in [4.69, 9.17) is 23.2 Å². The topological polar surface area (TPSA) is 40.6 Å². The highest BCUT2D eigenvalue weighted by atomic mass is 35.5. The zero-order valence-corrected chi connectivity index (χ0v) is 16.2. The second-order valence-electron chi connectivity index (χ2n) is 5.54. The van der Waals surface area contributed by atoms with Gasteiger partial charge in [-0.15, -0.1) is 0 Å². The summed E-state index contributed by atoms with van der Waals surface area (Å²) in [4.78, 5) is 2.02. The number of halogens is 2. The highest BCUT2D eigenvalue weighted by Gasteiger charge is 2.26. The van der Waals surface area contributed by atoms with Gasteiger partial charge < -0.3 is 4.90 Å². The average Bonchev–Trinajstić information content (AvgIpc) is 2.55. The Morgan fingerprint density at radius 1 is 1.00 bits per heavy atom. The van der Waals surface area contributed by atoms with Crippen LogP contribution in [0.4, 0.5) is 5.69 Å². The summed E-state index contributed by atoms with van der Waals surface area (Å²) in [6, 6.07) is 12.4. The molecule has 0 aliphatic rings. The fourth-order valence-electron chi connectivity index (χ4n) is 2.29. The summed E-state index contributed by atoms with van der Waals surface area (Å²) in [5.74, 6) is 0. The fraction of sp³-hybridized carbons (Fsp3) is 0.294. The molecule has 0 heterocycles. The lowest BCUT2D eigenvalue weighted by Crippen LogP contribution is -2.30. The first-order valence-electron chi connectivity index (χ1n) is 7.47. The third-order valence-electron chi connectivity index (χ3n) is 3.70. The maximum atomic E-state index is 12.9. The number of hydrogen-bond donors (Lipinski definition) is 0. The fourth-order valence-corrected chi connectivity index (χ4v) is 4.47. The Kier molecular flexibility index (Phi) is 6.15. The normalized spacial score (nSPS) is 11.8. The molecule has 0 aliphatic carbocycles. The van der Waals surface area contributed by atoms with Crippen molar-refractivity contribution in [1.29, 1.82) is 0 Å². The molecule has 0 atom stereocenters. The monoisotopic (exact) mass is 386 g/mol. The summed E-state index contributed by atoms with van der Waals surface area (Å²) < 4.78 is 27.2. The minimum absolute atomic E-state index is 0.0310. The van der Waals surface area contributed by atoms with E-state index in [9.17, 15) is 8.42 Å². The quantitative estimate of drug-likeness (QED) is 0.743. The number of anilines is 1. The minimum atomic E-state index is -3.72. The van der Waals surface area contributed by atoms with Gasteiger partial charge in [0.2, 0.25) is 10.0 Å². The molecule has 0 saturated heterocycles. The molecular formula is C17H20Cl2N2O2S. The van der Waals surface area contributed by atoms with E-state index in [1.165, 1.54) is 10.4 Å². The Morgan fingerprint density at radius 3 is 2.17 bits per heavy atom. The van der Waals surface area contributed by atoms with Gasteiger partial charge in [0.25, 0.3) is 0 Å². The lowest BCUT2D eigenvalue weighted by molar-refractivity contribution is 0.423. The molecule has 24 heavy (non-hydrogen) atoms. The van der Waals surface area contributed by atoms with Gasteiger partial charge in [0.05, 0.1) is 10.0 Å². The number of hydrogen-bond acceptors (Lipinski definition) is 3. The smallest absolute Gasteiger partial charge is 0.244 e. The molecule has 130 valence electrons. The van der Waals surface area contributed by atoms with Gasteiger partial charge in [-0.25, -0.2) is 8.42 Å². The molecule has 4 nitrogen and oxygen atoms in total. The van der Waals surface area contributed by atoms with E-state index in [-0.39, 0.29) is 21.5 Å². The zero-order chi connectivity index (χ0) is 17.9. The van der Waals surface area contributed by atoms with E-state index in [2.05, 4.69) is 0 Å². The van der Waals surface area contributed by atoms with Crippen LogP contribution in [0.3, 0.4) is 0 Å². The lowest BCUT2D eigenvalue weighted by atomic mass is 10.2. The third kappa shape index (κ3) is 4.03. The first-order chi connectivity index (χ1) is 11.3. The predicted molar refractivity (Wildman–Crippen MR) is 101 cm³/mol. The highest BCUT2D eigenvalue weighted by Crippen LogP contribution is 2.31. The summed E-state index contributed by atoms with van der Waals surface area (Å²) in [5, 5.41) is 0.282. The van der Waals surface area contributed by atoms with Gasteiger partial charge in [-0.1, -0.05) is 48.3 Å². The number of sulfonamides is 1. The van der Waals surface area contributed by atoms with Gasteiger partial charge in [-0.3, -0.25) is 0 Å². The van der Waals surface area contributed by atoms with Gasteiger partial charge in [-0.2, -0.15) is 4.31 Å². The maximum Gasteiger partial charge on any atom is 0.244 e. The molecule has 0 fully saturated rings. The van der Waals surface area contributed by atoms with E-state index < -0.39 is 10.0 Å². The van der Waals surface area contributed by atoms with E-state index in [0.717, 1.165) is 11.3 Å². The van der Waals surface area contributed by atoms with Gasteiger partial charge in [0, 0.05) is 32.9 Å². The highest BCUT2D eigenvalue weighted by molar-refractivity contribution is 7.89. The predicted octanol–water partition coefficient (Wildman–Crippen LogP) is 4.27. The summed E-state index contributed by atoms with van der Waals surface area (Å²) in [7, 11) is 0.192. The van der Waals surface area contributed by atoms with Crippen molar-refractivity contribution in [2.75, 3.05) is 25.5 Å². The second-order valence-corrected chi connectivity index (χ2v) is 8.24. The van der Waals surface area contributed by atoms with Crippen molar-refractivity contribution < 1.29 is 8.42 Å². The van der Waals surface area contributed by atoms with Crippen LogP contribution in [0.5, 0.6) is 0 Å². The number of nitrogens with zero attached hydrogens (tertiary/aromatic N) is 2. The Labute approximate surface area is 153 Å². The van der Waals surface area contributed by atoms with E-state index >= 15 is 0 Å². The third-order valence-corrected chi connectivity index (χ3v) is 6.59. The van der Waals surface area contributed by atoms with Gasteiger partial charge >= 0.3 is 0 Å². The van der Waals surface area contributed by atoms with Crippen molar-refractivity contribution in [2.24, 2.45) is 0 Å².